The number of primary amides is 1. The molecule has 2 aliphatic rings. The van der Waals surface area contributed by atoms with Crippen molar-refractivity contribution in [1.29, 1.82) is 0 Å². The summed E-state index contributed by atoms with van der Waals surface area (Å²) in [7, 11) is 0. The average molecular weight is 756 g/mol. The molecule has 0 saturated carbocycles. The third kappa shape index (κ3) is 11.7. The second-order valence-electron chi connectivity index (χ2n) is 13.9. The summed E-state index contributed by atoms with van der Waals surface area (Å²) in [5, 5.41) is 15.3. The van der Waals surface area contributed by atoms with E-state index in [1.54, 1.807) is 30.3 Å². The second kappa shape index (κ2) is 19.5. The Morgan fingerprint density at radius 3 is 1.56 bits per heavy atom. The van der Waals surface area contributed by atoms with Crippen LogP contribution >= 0.6 is 0 Å². The van der Waals surface area contributed by atoms with E-state index >= 15 is 0 Å². The van der Waals surface area contributed by atoms with Crippen LogP contribution in [0.1, 0.15) is 72.8 Å². The van der Waals surface area contributed by atoms with Crippen molar-refractivity contribution < 1.29 is 43.2 Å². The van der Waals surface area contributed by atoms with Gasteiger partial charge in [-0.25, -0.2) is 0 Å². The van der Waals surface area contributed by atoms with E-state index in [-0.39, 0.29) is 18.9 Å². The SMILES string of the molecule is CC(=O)N1CCC[C@H]1C(=O)N[C@@H](C)C(=O)N1CCC[C@H]1C(=O)N[C@@H](Cc1ccccc1)C(=O)N[C@H](C)C(=O)N[C@@H](C)C(=O)N[C@@H](C)C(=O)N[C@@H](C)C(N)=O. The van der Waals surface area contributed by atoms with Crippen LogP contribution in [0.5, 0.6) is 0 Å². The van der Waals surface area contributed by atoms with Crippen LogP contribution in [0.4, 0.5) is 0 Å². The molecule has 0 aliphatic carbocycles. The lowest BCUT2D eigenvalue weighted by atomic mass is 10.0. The lowest BCUT2D eigenvalue weighted by Gasteiger charge is -2.30. The summed E-state index contributed by atoms with van der Waals surface area (Å²) in [4.78, 5) is 118. The highest BCUT2D eigenvalue weighted by molar-refractivity contribution is 5.98. The van der Waals surface area contributed by atoms with Gasteiger partial charge in [-0.15, -0.1) is 0 Å². The normalized spacial score (nSPS) is 19.9. The number of nitrogens with two attached hydrogens (primary N) is 1. The van der Waals surface area contributed by atoms with Gasteiger partial charge in [-0.2, -0.15) is 0 Å². The minimum absolute atomic E-state index is 0.0566. The highest BCUT2D eigenvalue weighted by atomic mass is 16.2. The number of carbonyl (C=O) groups is 9. The molecule has 0 radical (unpaired) electrons. The number of nitrogens with one attached hydrogen (secondary N) is 6. The topological polar surface area (TPSA) is 258 Å². The first-order chi connectivity index (χ1) is 25.4. The van der Waals surface area contributed by atoms with E-state index in [0.29, 0.717) is 37.8 Å². The summed E-state index contributed by atoms with van der Waals surface area (Å²) in [5.41, 5.74) is 5.87. The first kappa shape index (κ1) is 42.9. The Hall–Kier alpha value is -5.55. The maximum Gasteiger partial charge on any atom is 0.245 e. The van der Waals surface area contributed by atoms with Crippen molar-refractivity contribution in [3.05, 3.63) is 35.9 Å². The van der Waals surface area contributed by atoms with E-state index in [2.05, 4.69) is 31.9 Å². The number of hydrogen-bond acceptors (Lipinski definition) is 9. The Morgan fingerprint density at radius 1 is 0.611 bits per heavy atom. The molecule has 0 aromatic heterocycles. The van der Waals surface area contributed by atoms with Crippen LogP contribution < -0.4 is 37.6 Å². The summed E-state index contributed by atoms with van der Waals surface area (Å²) in [6, 6.07) is 0.855. The highest BCUT2D eigenvalue weighted by Gasteiger charge is 2.40. The molecule has 0 bridgehead atoms. The van der Waals surface area contributed by atoms with Gasteiger partial charge in [0.25, 0.3) is 0 Å². The Balaban J connectivity index is 1.63. The Kier molecular flexibility index (Phi) is 15.5. The Bertz CT molecular complexity index is 1590. The molecular weight excluding hydrogens is 702 g/mol. The smallest absolute Gasteiger partial charge is 0.245 e. The maximum atomic E-state index is 13.7. The lowest BCUT2D eigenvalue weighted by Crippen LogP contribution is -2.59. The van der Waals surface area contributed by atoms with Gasteiger partial charge in [-0.05, 0) is 65.9 Å². The number of carbonyl (C=O) groups excluding carboxylic acids is 9. The van der Waals surface area contributed by atoms with Crippen molar-refractivity contribution in [3.8, 4) is 0 Å². The zero-order valence-electron chi connectivity index (χ0n) is 31.6. The molecule has 0 unspecified atom stereocenters. The highest BCUT2D eigenvalue weighted by Crippen LogP contribution is 2.21. The fourth-order valence-corrected chi connectivity index (χ4v) is 6.26. The zero-order valence-corrected chi connectivity index (χ0v) is 31.6. The third-order valence-electron chi connectivity index (χ3n) is 9.48. The monoisotopic (exact) mass is 755 g/mol. The van der Waals surface area contributed by atoms with Crippen molar-refractivity contribution >= 4 is 53.2 Å². The molecule has 9 amide bonds. The molecule has 18 nitrogen and oxygen atoms in total. The van der Waals surface area contributed by atoms with Gasteiger partial charge in [0, 0.05) is 26.4 Å². The van der Waals surface area contributed by atoms with E-state index in [0.717, 1.165) is 0 Å². The largest absolute Gasteiger partial charge is 0.368 e. The molecule has 2 saturated heterocycles. The van der Waals surface area contributed by atoms with E-state index in [1.165, 1.54) is 51.3 Å². The van der Waals surface area contributed by atoms with Crippen molar-refractivity contribution in [2.75, 3.05) is 13.1 Å². The molecule has 2 fully saturated rings. The van der Waals surface area contributed by atoms with Gasteiger partial charge in [0.05, 0.1) is 0 Å². The van der Waals surface area contributed by atoms with Crippen LogP contribution in [-0.2, 0) is 49.6 Å². The van der Waals surface area contributed by atoms with E-state index < -0.39 is 95.6 Å². The molecule has 2 aliphatic heterocycles. The summed E-state index contributed by atoms with van der Waals surface area (Å²) >= 11 is 0. The van der Waals surface area contributed by atoms with Gasteiger partial charge in [0.15, 0.2) is 0 Å². The Labute approximate surface area is 314 Å². The molecule has 54 heavy (non-hydrogen) atoms. The van der Waals surface area contributed by atoms with Crippen molar-refractivity contribution in [3.63, 3.8) is 0 Å². The number of benzene rings is 1. The van der Waals surface area contributed by atoms with Gasteiger partial charge in [-0.1, -0.05) is 30.3 Å². The second-order valence-corrected chi connectivity index (χ2v) is 13.9. The molecule has 1 aromatic carbocycles. The minimum atomic E-state index is -1.16. The zero-order chi connectivity index (χ0) is 40.3. The molecule has 1 aromatic rings. The standard InChI is InChI=1S/C36H53N9O9/c1-19(29(37)47)38-30(48)20(2)39-31(49)21(3)40-32(50)22(4)41-33(51)26(18-25-12-8-7-9-13-25)43-35(53)28-15-11-17-45(28)36(54)23(5)42-34(52)27-14-10-16-44(27)24(6)46/h7-9,12-13,19-23,26-28H,10-11,14-18H2,1-6H3,(H2,37,47)(H,38,48)(H,39,49)(H,40,50)(H,41,51)(H,42,52)(H,43,53)/t19-,20-,21-,22+,23-,26-,27-,28-/m0/s1. The number of rotatable bonds is 16. The summed E-state index contributed by atoms with van der Waals surface area (Å²) in [6.07, 6.45) is 2.05. The van der Waals surface area contributed by atoms with Crippen LogP contribution in [0, 0.1) is 0 Å². The molecule has 8 atom stereocenters. The molecule has 3 rings (SSSR count). The van der Waals surface area contributed by atoms with Crippen LogP contribution in [0.15, 0.2) is 30.3 Å². The summed E-state index contributed by atoms with van der Waals surface area (Å²) < 4.78 is 0. The molecule has 296 valence electrons. The van der Waals surface area contributed by atoms with Gasteiger partial charge in [0.1, 0.15) is 48.3 Å². The van der Waals surface area contributed by atoms with E-state index in [4.69, 9.17) is 5.73 Å². The van der Waals surface area contributed by atoms with Gasteiger partial charge in [-0.3, -0.25) is 43.2 Å². The molecule has 18 heteroatoms. The first-order valence-electron chi connectivity index (χ1n) is 18.1. The Morgan fingerprint density at radius 2 is 1.06 bits per heavy atom. The molecular formula is C36H53N9O9. The van der Waals surface area contributed by atoms with E-state index in [1.807, 2.05) is 0 Å². The number of amides is 9. The quantitative estimate of drug-likeness (QED) is 0.0958. The number of hydrogen-bond donors (Lipinski definition) is 7. The van der Waals surface area contributed by atoms with Gasteiger partial charge >= 0.3 is 0 Å². The van der Waals surface area contributed by atoms with Crippen molar-refractivity contribution in [2.45, 2.75) is 122 Å². The maximum absolute atomic E-state index is 13.7. The molecule has 8 N–H and O–H groups in total. The minimum Gasteiger partial charge on any atom is -0.368 e. The molecule has 2 heterocycles. The van der Waals surface area contributed by atoms with Crippen LogP contribution in [0.3, 0.4) is 0 Å². The van der Waals surface area contributed by atoms with Crippen LogP contribution in [0.2, 0.25) is 0 Å². The summed E-state index contributed by atoms with van der Waals surface area (Å²) in [6.45, 7) is 9.19. The number of nitrogens with zero attached hydrogens (tertiary/aromatic N) is 2. The number of likely N-dealkylation sites (tertiary alicyclic amines) is 2. The van der Waals surface area contributed by atoms with E-state index in [9.17, 15) is 43.2 Å². The van der Waals surface area contributed by atoms with Crippen LogP contribution in [0.25, 0.3) is 0 Å². The fraction of sp³-hybridized carbons (Fsp3) is 0.583. The van der Waals surface area contributed by atoms with Crippen LogP contribution in [-0.4, -0.2) is 124 Å². The third-order valence-corrected chi connectivity index (χ3v) is 9.48. The predicted octanol–water partition coefficient (Wildman–Crippen LogP) is -2.28. The fourth-order valence-electron chi connectivity index (χ4n) is 6.26. The van der Waals surface area contributed by atoms with Crippen molar-refractivity contribution in [2.24, 2.45) is 5.73 Å². The molecule has 0 spiro atoms. The lowest BCUT2D eigenvalue weighted by molar-refractivity contribution is -0.143. The van der Waals surface area contributed by atoms with Gasteiger partial charge < -0.3 is 47.4 Å². The predicted molar refractivity (Wildman–Crippen MR) is 194 cm³/mol. The van der Waals surface area contributed by atoms with Gasteiger partial charge in [0.2, 0.25) is 53.2 Å². The average Bonchev–Trinajstić information content (AvgIpc) is 3.82. The first-order valence-corrected chi connectivity index (χ1v) is 18.1. The summed E-state index contributed by atoms with van der Waals surface area (Å²) in [5.74, 6) is -5.25. The van der Waals surface area contributed by atoms with Crippen molar-refractivity contribution in [1.82, 2.24) is 41.7 Å².